The van der Waals surface area contributed by atoms with E-state index in [4.69, 9.17) is 23.2 Å². The molecule has 0 saturated carbocycles. The SMILES string of the molecule is CC(NC(=O)c1cnn2c1CCCC2)(C(=O)O)c1ccc(Cl)c(Cl)c1. The van der Waals surface area contributed by atoms with Crippen molar-refractivity contribution in [1.82, 2.24) is 15.1 Å². The molecule has 1 aromatic carbocycles. The average Bonchev–Trinajstić information content (AvgIpc) is 3.01. The number of hydrogen-bond acceptors (Lipinski definition) is 3. The van der Waals surface area contributed by atoms with Crippen molar-refractivity contribution >= 4 is 35.1 Å². The van der Waals surface area contributed by atoms with Gasteiger partial charge in [0, 0.05) is 6.54 Å². The summed E-state index contributed by atoms with van der Waals surface area (Å²) in [6.07, 6.45) is 4.24. The average molecular weight is 382 g/mol. The number of rotatable bonds is 4. The van der Waals surface area contributed by atoms with Crippen molar-refractivity contribution in [2.75, 3.05) is 0 Å². The number of aromatic nitrogens is 2. The zero-order chi connectivity index (χ0) is 18.2. The first-order chi connectivity index (χ1) is 11.8. The van der Waals surface area contributed by atoms with Crippen molar-refractivity contribution in [2.24, 2.45) is 0 Å². The van der Waals surface area contributed by atoms with E-state index in [9.17, 15) is 14.7 Å². The van der Waals surface area contributed by atoms with Crippen LogP contribution in [0.1, 0.15) is 41.4 Å². The van der Waals surface area contributed by atoms with Gasteiger partial charge < -0.3 is 10.4 Å². The first-order valence-corrected chi connectivity index (χ1v) is 8.64. The van der Waals surface area contributed by atoms with E-state index >= 15 is 0 Å². The molecule has 132 valence electrons. The number of carboxylic acid groups (broad SMARTS) is 1. The Morgan fingerprint density at radius 2 is 2.04 bits per heavy atom. The standard InChI is InChI=1S/C17H17Cl2N3O3/c1-17(16(24)25,10-5-6-12(18)13(19)8-10)21-15(23)11-9-20-22-7-3-2-4-14(11)22/h5-6,8-9H,2-4,7H2,1H3,(H,21,23)(H,24,25). The molecule has 1 aliphatic heterocycles. The molecular formula is C17H17Cl2N3O3. The van der Waals surface area contributed by atoms with Gasteiger partial charge in [0.25, 0.3) is 5.91 Å². The Balaban J connectivity index is 1.94. The van der Waals surface area contributed by atoms with E-state index < -0.39 is 17.4 Å². The van der Waals surface area contributed by atoms with Gasteiger partial charge in [-0.05, 0) is 43.9 Å². The van der Waals surface area contributed by atoms with Gasteiger partial charge in [-0.25, -0.2) is 4.79 Å². The van der Waals surface area contributed by atoms with Crippen LogP contribution in [0.5, 0.6) is 0 Å². The summed E-state index contributed by atoms with van der Waals surface area (Å²) in [5.41, 5.74) is -0.0592. The number of hydrogen-bond donors (Lipinski definition) is 2. The minimum absolute atomic E-state index is 0.226. The van der Waals surface area contributed by atoms with Gasteiger partial charge in [-0.15, -0.1) is 0 Å². The molecule has 0 bridgehead atoms. The monoisotopic (exact) mass is 381 g/mol. The number of carbonyl (C=O) groups is 2. The molecule has 0 saturated heterocycles. The Hall–Kier alpha value is -2.05. The van der Waals surface area contributed by atoms with Gasteiger partial charge in [0.15, 0.2) is 5.54 Å². The van der Waals surface area contributed by atoms with Crippen LogP contribution in [0.25, 0.3) is 0 Å². The summed E-state index contributed by atoms with van der Waals surface area (Å²) in [5.74, 6) is -1.67. The fraction of sp³-hybridized carbons (Fsp3) is 0.353. The summed E-state index contributed by atoms with van der Waals surface area (Å²) in [5, 5.41) is 17.1. The predicted molar refractivity (Wildman–Crippen MR) is 94.1 cm³/mol. The Kier molecular flexibility index (Phi) is 4.75. The number of halogens is 2. The molecule has 0 aliphatic carbocycles. The van der Waals surface area contributed by atoms with Crippen molar-refractivity contribution in [2.45, 2.75) is 38.3 Å². The minimum Gasteiger partial charge on any atom is -0.479 e. The van der Waals surface area contributed by atoms with Crippen molar-refractivity contribution in [3.05, 3.63) is 51.3 Å². The molecule has 6 nitrogen and oxygen atoms in total. The number of carbonyl (C=O) groups excluding carboxylic acids is 1. The summed E-state index contributed by atoms with van der Waals surface area (Å²) in [7, 11) is 0. The number of fused-ring (bicyclic) bond motifs is 1. The first-order valence-electron chi connectivity index (χ1n) is 7.89. The van der Waals surface area contributed by atoms with Crippen LogP contribution in [-0.2, 0) is 23.3 Å². The molecule has 1 atom stereocenters. The second-order valence-corrected chi connectivity index (χ2v) is 7.01. The minimum atomic E-state index is -1.64. The van der Waals surface area contributed by atoms with Crippen molar-refractivity contribution in [3.63, 3.8) is 0 Å². The smallest absolute Gasteiger partial charge is 0.333 e. The van der Waals surface area contributed by atoms with E-state index in [1.807, 2.05) is 0 Å². The van der Waals surface area contributed by atoms with Gasteiger partial charge in [-0.3, -0.25) is 9.48 Å². The predicted octanol–water partition coefficient (Wildman–Crippen LogP) is 3.26. The van der Waals surface area contributed by atoms with E-state index in [-0.39, 0.29) is 5.02 Å². The number of nitrogens with zero attached hydrogens (tertiary/aromatic N) is 2. The van der Waals surface area contributed by atoms with Gasteiger partial charge >= 0.3 is 5.97 Å². The lowest BCUT2D eigenvalue weighted by molar-refractivity contribution is -0.144. The molecule has 25 heavy (non-hydrogen) atoms. The summed E-state index contributed by atoms with van der Waals surface area (Å²) in [6, 6.07) is 4.50. The number of nitrogens with one attached hydrogen (secondary N) is 1. The maximum Gasteiger partial charge on any atom is 0.333 e. The fourth-order valence-corrected chi connectivity index (χ4v) is 3.26. The Morgan fingerprint density at radius 1 is 1.28 bits per heavy atom. The lowest BCUT2D eigenvalue weighted by atomic mass is 9.91. The third-order valence-electron chi connectivity index (χ3n) is 4.52. The Morgan fingerprint density at radius 3 is 2.72 bits per heavy atom. The van der Waals surface area contributed by atoms with Gasteiger partial charge in [-0.2, -0.15) is 5.10 Å². The van der Waals surface area contributed by atoms with Crippen LogP contribution in [0.2, 0.25) is 10.0 Å². The van der Waals surface area contributed by atoms with Gasteiger partial charge in [0.2, 0.25) is 0 Å². The van der Waals surface area contributed by atoms with Crippen LogP contribution >= 0.6 is 23.2 Å². The molecule has 2 aromatic rings. The maximum absolute atomic E-state index is 12.7. The molecule has 1 aliphatic rings. The highest BCUT2D eigenvalue weighted by atomic mass is 35.5. The van der Waals surface area contributed by atoms with Gasteiger partial charge in [0.1, 0.15) is 0 Å². The van der Waals surface area contributed by atoms with E-state index in [2.05, 4.69) is 10.4 Å². The number of benzene rings is 1. The second-order valence-electron chi connectivity index (χ2n) is 6.20. The number of aryl methyl sites for hydroxylation is 1. The molecule has 0 radical (unpaired) electrons. The third kappa shape index (κ3) is 3.24. The normalized spacial score (nSPS) is 16.0. The molecule has 1 amide bonds. The summed E-state index contributed by atoms with van der Waals surface area (Å²) >= 11 is 11.9. The Bertz CT molecular complexity index is 850. The van der Waals surface area contributed by atoms with Crippen LogP contribution in [0.3, 0.4) is 0 Å². The highest BCUT2D eigenvalue weighted by Gasteiger charge is 2.38. The van der Waals surface area contributed by atoms with E-state index in [1.54, 1.807) is 4.68 Å². The van der Waals surface area contributed by atoms with E-state index in [1.165, 1.54) is 31.3 Å². The zero-order valence-electron chi connectivity index (χ0n) is 13.6. The molecule has 2 heterocycles. The maximum atomic E-state index is 12.7. The summed E-state index contributed by atoms with van der Waals surface area (Å²) in [6.45, 7) is 2.19. The second kappa shape index (κ2) is 6.69. The van der Waals surface area contributed by atoms with Crippen molar-refractivity contribution < 1.29 is 14.7 Å². The number of aliphatic carboxylic acids is 1. The van der Waals surface area contributed by atoms with E-state index in [0.29, 0.717) is 16.1 Å². The lowest BCUT2D eigenvalue weighted by Gasteiger charge is -2.27. The topological polar surface area (TPSA) is 84.2 Å². The largest absolute Gasteiger partial charge is 0.479 e. The van der Waals surface area contributed by atoms with Gasteiger partial charge in [-0.1, -0.05) is 29.3 Å². The van der Waals surface area contributed by atoms with Gasteiger partial charge in [0.05, 0.1) is 27.5 Å². The molecule has 1 unspecified atom stereocenters. The fourth-order valence-electron chi connectivity index (χ4n) is 2.96. The van der Waals surface area contributed by atoms with Crippen LogP contribution < -0.4 is 5.32 Å². The van der Waals surface area contributed by atoms with Crippen molar-refractivity contribution in [1.29, 1.82) is 0 Å². The highest BCUT2D eigenvalue weighted by Crippen LogP contribution is 2.29. The zero-order valence-corrected chi connectivity index (χ0v) is 15.1. The summed E-state index contributed by atoms with van der Waals surface area (Å²) in [4.78, 5) is 24.6. The first kappa shape index (κ1) is 17.8. The molecule has 0 spiro atoms. The lowest BCUT2D eigenvalue weighted by Crippen LogP contribution is -2.49. The quantitative estimate of drug-likeness (QED) is 0.850. The highest BCUT2D eigenvalue weighted by molar-refractivity contribution is 6.42. The van der Waals surface area contributed by atoms with Crippen LogP contribution in [-0.4, -0.2) is 26.8 Å². The molecule has 2 N–H and O–H groups in total. The molecule has 3 rings (SSSR count). The molecule has 8 heteroatoms. The number of amides is 1. The molecule has 1 aromatic heterocycles. The van der Waals surface area contributed by atoms with Crippen LogP contribution in [0.15, 0.2) is 24.4 Å². The van der Waals surface area contributed by atoms with E-state index in [0.717, 1.165) is 31.5 Å². The molecular weight excluding hydrogens is 365 g/mol. The summed E-state index contributed by atoms with van der Waals surface area (Å²) < 4.78 is 1.80. The van der Waals surface area contributed by atoms with Crippen LogP contribution in [0.4, 0.5) is 0 Å². The number of carboxylic acids is 1. The van der Waals surface area contributed by atoms with Crippen LogP contribution in [0, 0.1) is 0 Å². The van der Waals surface area contributed by atoms with Crippen molar-refractivity contribution in [3.8, 4) is 0 Å². The Labute approximate surface area is 154 Å². The third-order valence-corrected chi connectivity index (χ3v) is 5.25. The molecule has 0 fully saturated rings.